The van der Waals surface area contributed by atoms with Crippen molar-refractivity contribution in [1.82, 2.24) is 5.32 Å². The van der Waals surface area contributed by atoms with Gasteiger partial charge in [-0.3, -0.25) is 4.79 Å². The molecule has 0 aliphatic carbocycles. The summed E-state index contributed by atoms with van der Waals surface area (Å²) >= 11 is 5.22. The average Bonchev–Trinajstić information content (AvgIpc) is 2.31. The van der Waals surface area contributed by atoms with Crippen LogP contribution >= 0.6 is 24.4 Å². The highest BCUT2D eigenvalue weighted by Crippen LogP contribution is 2.05. The second kappa shape index (κ2) is 9.58. The van der Waals surface area contributed by atoms with Crippen molar-refractivity contribution in [3.8, 4) is 0 Å². The largest absolute Gasteiger partial charge is 0.480 e. The lowest BCUT2D eigenvalue weighted by Crippen LogP contribution is -2.50. The fourth-order valence-electron chi connectivity index (χ4n) is 0.904. The molecule has 0 fully saturated rings. The summed E-state index contributed by atoms with van der Waals surface area (Å²) in [4.78, 5) is 22.3. The summed E-state index contributed by atoms with van der Waals surface area (Å²) in [7, 11) is 0. The molecule has 0 rings (SSSR count). The molecule has 6 nitrogen and oxygen atoms in total. The van der Waals surface area contributed by atoms with E-state index in [2.05, 4.69) is 17.9 Å². The molecule has 0 spiro atoms. The Morgan fingerprint density at radius 3 is 2.59 bits per heavy atom. The van der Waals surface area contributed by atoms with Gasteiger partial charge in [0.25, 0.3) is 0 Å². The molecule has 0 saturated heterocycles. The summed E-state index contributed by atoms with van der Waals surface area (Å²) in [5.41, 5.74) is 5.42. The Kier molecular flexibility index (Phi) is 9.33. The third-order valence-electron chi connectivity index (χ3n) is 1.88. The van der Waals surface area contributed by atoms with Gasteiger partial charge >= 0.3 is 5.97 Å². The number of hydrogen-bond donors (Lipinski definition) is 5. The monoisotopic (exact) mass is 282 g/mol. The number of thiol groups is 1. The van der Waals surface area contributed by atoms with Gasteiger partial charge in [0.2, 0.25) is 5.91 Å². The quantitative estimate of drug-likeness (QED) is 0.272. The molecule has 0 bridgehead atoms. The van der Waals surface area contributed by atoms with Crippen LogP contribution in [0.5, 0.6) is 0 Å². The van der Waals surface area contributed by atoms with Gasteiger partial charge in [-0.05, 0) is 12.2 Å². The lowest BCUT2D eigenvalue weighted by Gasteiger charge is -2.16. The number of rotatable bonds is 9. The number of amides is 1. The Morgan fingerprint density at radius 1 is 1.47 bits per heavy atom. The fourth-order valence-corrected chi connectivity index (χ4v) is 2.03. The van der Waals surface area contributed by atoms with Crippen molar-refractivity contribution < 1.29 is 19.8 Å². The minimum Gasteiger partial charge on any atom is -0.480 e. The third kappa shape index (κ3) is 7.48. The summed E-state index contributed by atoms with van der Waals surface area (Å²) in [6, 6.07) is -1.76. The second-order valence-corrected chi connectivity index (χ2v) is 4.86. The Morgan fingerprint density at radius 2 is 2.12 bits per heavy atom. The van der Waals surface area contributed by atoms with Crippen LogP contribution in [0.25, 0.3) is 0 Å². The van der Waals surface area contributed by atoms with Gasteiger partial charge in [0.1, 0.15) is 6.04 Å². The van der Waals surface area contributed by atoms with Gasteiger partial charge in [0.05, 0.1) is 6.04 Å². The first kappa shape index (κ1) is 16.6. The zero-order valence-electron chi connectivity index (χ0n) is 9.33. The summed E-state index contributed by atoms with van der Waals surface area (Å²) in [6.07, 6.45) is 0.598. The maximum atomic E-state index is 11.4. The molecule has 0 aromatic rings. The predicted octanol–water partition coefficient (Wildman–Crippen LogP) is -1.07. The molecule has 0 aromatic carbocycles. The minimum absolute atomic E-state index is 0.0711. The first-order valence-corrected chi connectivity index (χ1v) is 6.89. The summed E-state index contributed by atoms with van der Waals surface area (Å²) in [5, 5.41) is 19.8. The first-order chi connectivity index (χ1) is 8.02. The number of carboxylic acids is 1. The molecular formula is C9H18N2O4S2. The van der Waals surface area contributed by atoms with Gasteiger partial charge < -0.3 is 21.3 Å². The number of carboxylic acid groups (broad SMARTS) is 1. The van der Waals surface area contributed by atoms with Gasteiger partial charge in [-0.25, -0.2) is 4.79 Å². The van der Waals surface area contributed by atoms with Crippen molar-refractivity contribution >= 4 is 36.3 Å². The molecule has 100 valence electrons. The molecule has 0 saturated carbocycles. The molecular weight excluding hydrogens is 264 g/mol. The molecule has 0 aliphatic heterocycles. The highest BCUT2D eigenvalue weighted by atomic mass is 32.2. The van der Waals surface area contributed by atoms with E-state index in [1.807, 2.05) is 0 Å². The first-order valence-electron chi connectivity index (χ1n) is 5.11. The maximum Gasteiger partial charge on any atom is 0.327 e. The van der Waals surface area contributed by atoms with E-state index >= 15 is 0 Å². The molecule has 8 heteroatoms. The van der Waals surface area contributed by atoms with E-state index < -0.39 is 24.0 Å². The molecule has 1 amide bonds. The Hall–Kier alpha value is -0.440. The number of hydrogen-bond acceptors (Lipinski definition) is 6. The number of thioether (sulfide) groups is 1. The molecule has 0 aliphatic rings. The normalized spacial score (nSPS) is 14.1. The van der Waals surface area contributed by atoms with E-state index in [4.69, 9.17) is 15.9 Å². The van der Waals surface area contributed by atoms with Crippen molar-refractivity contribution in [2.45, 2.75) is 18.5 Å². The van der Waals surface area contributed by atoms with E-state index in [1.165, 1.54) is 11.8 Å². The number of aliphatic hydroxyl groups excluding tert-OH is 1. The summed E-state index contributed by atoms with van der Waals surface area (Å²) in [6.45, 7) is 0.0711. The predicted molar refractivity (Wildman–Crippen MR) is 70.4 cm³/mol. The molecule has 17 heavy (non-hydrogen) atoms. The Labute approximate surface area is 110 Å². The van der Waals surface area contributed by atoms with E-state index in [-0.39, 0.29) is 18.1 Å². The topological polar surface area (TPSA) is 113 Å². The average molecular weight is 282 g/mol. The molecule has 0 unspecified atom stereocenters. The smallest absolute Gasteiger partial charge is 0.327 e. The zero-order chi connectivity index (χ0) is 13.3. The fraction of sp³-hybridized carbons (Fsp3) is 0.778. The number of nitrogens with one attached hydrogen (secondary N) is 1. The maximum absolute atomic E-state index is 11.4. The molecule has 2 atom stereocenters. The lowest BCUT2D eigenvalue weighted by molar-refractivity contribution is -0.141. The van der Waals surface area contributed by atoms with E-state index in [1.54, 1.807) is 0 Å². The Balaban J connectivity index is 4.07. The van der Waals surface area contributed by atoms with Crippen LogP contribution in [0.1, 0.15) is 6.42 Å². The molecule has 5 N–H and O–H groups in total. The summed E-state index contributed by atoms with van der Waals surface area (Å²) in [5.74, 6) is -0.554. The van der Waals surface area contributed by atoms with Crippen molar-refractivity contribution in [1.29, 1.82) is 0 Å². The van der Waals surface area contributed by atoms with E-state index in [0.29, 0.717) is 12.2 Å². The van der Waals surface area contributed by atoms with Crippen LogP contribution in [-0.4, -0.2) is 58.0 Å². The number of carbonyl (C=O) groups is 2. The van der Waals surface area contributed by atoms with Crippen LogP contribution in [0.2, 0.25) is 0 Å². The Bertz CT molecular complexity index is 253. The number of nitrogens with two attached hydrogens (primary N) is 1. The van der Waals surface area contributed by atoms with Gasteiger partial charge in [0, 0.05) is 18.1 Å². The number of aliphatic hydroxyl groups is 1. The van der Waals surface area contributed by atoms with Crippen LogP contribution in [0, 0.1) is 0 Å². The van der Waals surface area contributed by atoms with Crippen LogP contribution in [-0.2, 0) is 9.59 Å². The zero-order valence-corrected chi connectivity index (χ0v) is 11.0. The van der Waals surface area contributed by atoms with Crippen LogP contribution in [0.15, 0.2) is 0 Å². The molecule has 0 heterocycles. The number of aliphatic carboxylic acids is 1. The lowest BCUT2D eigenvalue weighted by atomic mass is 10.3. The standard InChI is InChI=1S/C9H18N2O4S2/c10-6(4-16)8(13)11-7(9(14)15)5-17-3-1-2-12/h6-7,12,16H,1-5,10H2,(H,11,13)(H,14,15)/t6-,7-/m0/s1. The van der Waals surface area contributed by atoms with Crippen molar-refractivity contribution in [2.24, 2.45) is 5.73 Å². The van der Waals surface area contributed by atoms with Crippen molar-refractivity contribution in [2.75, 3.05) is 23.9 Å². The van der Waals surface area contributed by atoms with Gasteiger partial charge in [-0.1, -0.05) is 0 Å². The molecule has 0 aromatic heterocycles. The van der Waals surface area contributed by atoms with E-state index in [9.17, 15) is 9.59 Å². The van der Waals surface area contributed by atoms with Crippen LogP contribution in [0.3, 0.4) is 0 Å². The molecule has 0 radical (unpaired) electrons. The highest BCUT2D eigenvalue weighted by molar-refractivity contribution is 7.99. The van der Waals surface area contributed by atoms with Gasteiger partial charge in [-0.2, -0.15) is 24.4 Å². The summed E-state index contributed by atoms with van der Waals surface area (Å²) < 4.78 is 0. The van der Waals surface area contributed by atoms with Crippen LogP contribution in [0.4, 0.5) is 0 Å². The van der Waals surface area contributed by atoms with Gasteiger partial charge in [0.15, 0.2) is 0 Å². The van der Waals surface area contributed by atoms with E-state index in [0.717, 1.165) is 0 Å². The SMILES string of the molecule is N[C@@H](CS)C(=O)N[C@@H](CSCCCO)C(=O)O. The third-order valence-corrected chi connectivity index (χ3v) is 3.42. The second-order valence-electron chi connectivity index (χ2n) is 3.34. The minimum atomic E-state index is -1.10. The van der Waals surface area contributed by atoms with Crippen molar-refractivity contribution in [3.63, 3.8) is 0 Å². The highest BCUT2D eigenvalue weighted by Gasteiger charge is 2.22. The van der Waals surface area contributed by atoms with Gasteiger partial charge in [-0.15, -0.1) is 0 Å². The van der Waals surface area contributed by atoms with Crippen molar-refractivity contribution in [3.05, 3.63) is 0 Å². The van der Waals surface area contributed by atoms with Crippen LogP contribution < -0.4 is 11.1 Å². The number of carbonyl (C=O) groups excluding carboxylic acids is 1.